The van der Waals surface area contributed by atoms with Gasteiger partial charge < -0.3 is 10.2 Å². The van der Waals surface area contributed by atoms with Gasteiger partial charge in [-0.2, -0.15) is 0 Å². The quantitative estimate of drug-likeness (QED) is 0.884. The number of nitrogens with zero attached hydrogens (tertiary/aromatic N) is 1. The zero-order valence-electron chi connectivity index (χ0n) is 15.6. The van der Waals surface area contributed by atoms with Gasteiger partial charge in [0.25, 0.3) is 0 Å². The first-order valence-corrected chi connectivity index (χ1v) is 9.94. The molecule has 0 saturated carbocycles. The van der Waals surface area contributed by atoms with E-state index in [1.54, 1.807) is 0 Å². The van der Waals surface area contributed by atoms with Gasteiger partial charge in [-0.1, -0.05) is 36.4 Å². The summed E-state index contributed by atoms with van der Waals surface area (Å²) in [4.78, 5) is 26.0. The van der Waals surface area contributed by atoms with Crippen molar-refractivity contribution in [3.8, 4) is 0 Å². The van der Waals surface area contributed by atoms with Crippen LogP contribution in [0.15, 0.2) is 48.5 Å². The highest BCUT2D eigenvalue weighted by molar-refractivity contribution is 5.95. The van der Waals surface area contributed by atoms with Gasteiger partial charge in [0.2, 0.25) is 11.8 Å². The van der Waals surface area contributed by atoms with Crippen molar-refractivity contribution < 1.29 is 9.59 Å². The molecule has 1 N–H and O–H groups in total. The van der Waals surface area contributed by atoms with Crippen LogP contribution in [-0.4, -0.2) is 24.9 Å². The van der Waals surface area contributed by atoms with E-state index in [1.165, 1.54) is 17.5 Å². The van der Waals surface area contributed by atoms with Crippen LogP contribution in [0.1, 0.15) is 48.3 Å². The summed E-state index contributed by atoms with van der Waals surface area (Å²) in [7, 11) is 0. The third-order valence-electron chi connectivity index (χ3n) is 5.73. The second-order valence-corrected chi connectivity index (χ2v) is 7.58. The Hall–Kier alpha value is -2.62. The number of carbonyl (C=O) groups excluding carboxylic acids is 2. The monoisotopic (exact) mass is 362 g/mol. The maximum absolute atomic E-state index is 12.4. The lowest BCUT2D eigenvalue weighted by Gasteiger charge is -2.25. The van der Waals surface area contributed by atoms with Gasteiger partial charge in [0.1, 0.15) is 0 Å². The van der Waals surface area contributed by atoms with E-state index in [-0.39, 0.29) is 11.8 Å². The molecular formula is C23H26N2O2. The molecule has 0 aromatic heterocycles. The van der Waals surface area contributed by atoms with Crippen molar-refractivity contribution >= 4 is 17.5 Å². The van der Waals surface area contributed by atoms with Crippen molar-refractivity contribution in [1.82, 2.24) is 5.32 Å². The average Bonchev–Trinajstić information content (AvgIpc) is 3.13. The predicted octanol–water partition coefficient (Wildman–Crippen LogP) is 3.59. The second kappa shape index (κ2) is 7.95. The number of amides is 2. The maximum Gasteiger partial charge on any atom is 0.227 e. The zero-order chi connectivity index (χ0) is 18.6. The molecule has 4 nitrogen and oxygen atoms in total. The van der Waals surface area contributed by atoms with Crippen molar-refractivity contribution in [2.75, 3.05) is 18.0 Å². The number of fused-ring (bicyclic) bond motifs is 1. The molecule has 0 radical (unpaired) electrons. The first kappa shape index (κ1) is 17.8. The van der Waals surface area contributed by atoms with Crippen molar-refractivity contribution in [2.24, 2.45) is 0 Å². The molecule has 4 heteroatoms. The van der Waals surface area contributed by atoms with Gasteiger partial charge in [0, 0.05) is 31.1 Å². The summed E-state index contributed by atoms with van der Waals surface area (Å²) in [5.41, 5.74) is 4.73. The number of carbonyl (C=O) groups is 2. The molecule has 1 aliphatic heterocycles. The number of nitrogens with one attached hydrogen (secondary N) is 1. The fourth-order valence-corrected chi connectivity index (χ4v) is 4.27. The first-order valence-electron chi connectivity index (χ1n) is 9.94. The zero-order valence-corrected chi connectivity index (χ0v) is 15.6. The third-order valence-corrected chi connectivity index (χ3v) is 5.73. The average molecular weight is 362 g/mol. The molecule has 1 saturated heterocycles. The minimum atomic E-state index is 0.0584. The predicted molar refractivity (Wildman–Crippen MR) is 107 cm³/mol. The first-order chi connectivity index (χ1) is 13.2. The van der Waals surface area contributed by atoms with Crippen LogP contribution >= 0.6 is 0 Å². The molecule has 1 heterocycles. The van der Waals surface area contributed by atoms with Crippen LogP contribution in [0.4, 0.5) is 5.69 Å². The summed E-state index contributed by atoms with van der Waals surface area (Å²) in [6.45, 7) is 1.50. The Bertz CT molecular complexity index is 829. The normalized spacial score (nSPS) is 19.0. The molecule has 1 atom stereocenters. The molecule has 1 unspecified atom stereocenters. The summed E-state index contributed by atoms with van der Waals surface area (Å²) < 4.78 is 0. The number of hydrogen-bond acceptors (Lipinski definition) is 2. The molecule has 1 fully saturated rings. The second-order valence-electron chi connectivity index (χ2n) is 7.58. The Morgan fingerprint density at radius 2 is 1.85 bits per heavy atom. The lowest BCUT2D eigenvalue weighted by molar-refractivity contribution is -0.120. The van der Waals surface area contributed by atoms with E-state index >= 15 is 0 Å². The standard InChI is InChI=1S/C23H26N2O2/c26-22(24-16-19-7-3-6-18-5-1-2-8-21(18)19)15-17-10-12-20(13-11-17)25-14-4-9-23(25)27/h1-2,5,8,10-13,19H,3-4,6-7,9,14-16H2,(H,24,26). The van der Waals surface area contributed by atoms with Gasteiger partial charge in [0.05, 0.1) is 6.42 Å². The number of aryl methyl sites for hydroxylation is 1. The van der Waals surface area contributed by atoms with Crippen molar-refractivity contribution in [3.63, 3.8) is 0 Å². The Morgan fingerprint density at radius 3 is 2.63 bits per heavy atom. The smallest absolute Gasteiger partial charge is 0.227 e. The fourth-order valence-electron chi connectivity index (χ4n) is 4.27. The van der Waals surface area contributed by atoms with Crippen LogP contribution in [0.5, 0.6) is 0 Å². The molecule has 1 aliphatic carbocycles. The summed E-state index contributed by atoms with van der Waals surface area (Å²) in [5.74, 6) is 0.666. The molecular weight excluding hydrogens is 336 g/mol. The van der Waals surface area contributed by atoms with Crippen LogP contribution < -0.4 is 10.2 Å². The molecule has 2 amide bonds. The molecule has 0 bridgehead atoms. The summed E-state index contributed by atoms with van der Waals surface area (Å²) in [6, 6.07) is 16.4. The van der Waals surface area contributed by atoms with Gasteiger partial charge in [-0.15, -0.1) is 0 Å². The highest BCUT2D eigenvalue weighted by Gasteiger charge is 2.22. The Labute approximate surface area is 160 Å². The van der Waals surface area contributed by atoms with Crippen molar-refractivity contribution in [3.05, 3.63) is 65.2 Å². The largest absolute Gasteiger partial charge is 0.355 e. The fraction of sp³-hybridized carbons (Fsp3) is 0.391. The molecule has 2 aliphatic rings. The van der Waals surface area contributed by atoms with E-state index in [4.69, 9.17) is 0 Å². The highest BCUT2D eigenvalue weighted by Crippen LogP contribution is 2.30. The summed E-state index contributed by atoms with van der Waals surface area (Å²) >= 11 is 0. The van der Waals surface area contributed by atoms with Gasteiger partial charge in [-0.05, 0) is 54.5 Å². The Kier molecular flexibility index (Phi) is 5.23. The number of hydrogen-bond donors (Lipinski definition) is 1. The summed E-state index contributed by atoms with van der Waals surface area (Å²) in [5, 5.41) is 3.12. The van der Waals surface area contributed by atoms with Crippen LogP contribution in [-0.2, 0) is 22.4 Å². The summed E-state index contributed by atoms with van der Waals surface area (Å²) in [6.07, 6.45) is 5.40. The van der Waals surface area contributed by atoms with Crippen molar-refractivity contribution in [2.45, 2.75) is 44.4 Å². The van der Waals surface area contributed by atoms with Gasteiger partial charge in [-0.3, -0.25) is 9.59 Å². The Balaban J connectivity index is 1.32. The molecule has 2 aromatic carbocycles. The van der Waals surface area contributed by atoms with Crippen molar-refractivity contribution in [1.29, 1.82) is 0 Å². The van der Waals surface area contributed by atoms with Gasteiger partial charge in [0.15, 0.2) is 0 Å². The lowest BCUT2D eigenvalue weighted by Crippen LogP contribution is -2.31. The van der Waals surface area contributed by atoms with E-state index in [0.717, 1.165) is 37.1 Å². The van der Waals surface area contributed by atoms with E-state index in [1.807, 2.05) is 29.2 Å². The number of anilines is 1. The molecule has 0 spiro atoms. The van der Waals surface area contributed by atoms with Gasteiger partial charge in [-0.25, -0.2) is 0 Å². The highest BCUT2D eigenvalue weighted by atomic mass is 16.2. The topological polar surface area (TPSA) is 49.4 Å². The number of rotatable bonds is 5. The maximum atomic E-state index is 12.4. The Morgan fingerprint density at radius 1 is 1.04 bits per heavy atom. The third kappa shape index (κ3) is 4.05. The van der Waals surface area contributed by atoms with Gasteiger partial charge >= 0.3 is 0 Å². The lowest BCUT2D eigenvalue weighted by atomic mass is 9.83. The molecule has 2 aromatic rings. The molecule has 27 heavy (non-hydrogen) atoms. The van der Waals surface area contributed by atoms with Crippen LogP contribution in [0.2, 0.25) is 0 Å². The van der Waals surface area contributed by atoms with E-state index in [0.29, 0.717) is 25.3 Å². The number of benzene rings is 2. The molecule has 140 valence electrons. The van der Waals surface area contributed by atoms with Crippen LogP contribution in [0.3, 0.4) is 0 Å². The minimum Gasteiger partial charge on any atom is -0.355 e. The van der Waals surface area contributed by atoms with E-state index in [2.05, 4.69) is 29.6 Å². The van der Waals surface area contributed by atoms with Crippen LogP contribution in [0.25, 0.3) is 0 Å². The van der Waals surface area contributed by atoms with E-state index < -0.39 is 0 Å². The van der Waals surface area contributed by atoms with Crippen LogP contribution in [0, 0.1) is 0 Å². The minimum absolute atomic E-state index is 0.0584. The van der Waals surface area contributed by atoms with E-state index in [9.17, 15) is 9.59 Å². The SMILES string of the molecule is O=C(Cc1ccc(N2CCCC2=O)cc1)NCC1CCCc2ccccc21. The molecule has 4 rings (SSSR count).